The normalized spacial score (nSPS) is 18.2. The SMILES string of the molecule is COc1cc(/C(F)=C/c2cccc(B3OC(C)(C)C(C)(C)O3)c2C)ccc1CO. The van der Waals surface area contributed by atoms with Crippen LogP contribution in [0.2, 0.25) is 0 Å². The van der Waals surface area contributed by atoms with Crippen molar-refractivity contribution in [1.29, 1.82) is 0 Å². The van der Waals surface area contributed by atoms with E-state index in [2.05, 4.69) is 0 Å². The highest BCUT2D eigenvalue weighted by Crippen LogP contribution is 2.37. The lowest BCUT2D eigenvalue weighted by Crippen LogP contribution is -2.41. The van der Waals surface area contributed by atoms with E-state index >= 15 is 0 Å². The van der Waals surface area contributed by atoms with Crippen LogP contribution in [-0.2, 0) is 15.9 Å². The smallest absolute Gasteiger partial charge is 0.495 e. The van der Waals surface area contributed by atoms with Crippen LogP contribution >= 0.6 is 0 Å². The molecule has 0 spiro atoms. The van der Waals surface area contributed by atoms with Gasteiger partial charge in [-0.05, 0) is 63.4 Å². The topological polar surface area (TPSA) is 47.9 Å². The third-order valence-electron chi connectivity index (χ3n) is 5.94. The van der Waals surface area contributed by atoms with Crippen LogP contribution in [0.3, 0.4) is 0 Å². The van der Waals surface area contributed by atoms with E-state index < -0.39 is 18.3 Å². The van der Waals surface area contributed by atoms with Crippen LogP contribution in [0.4, 0.5) is 4.39 Å². The fourth-order valence-electron chi connectivity index (χ4n) is 3.30. The summed E-state index contributed by atoms with van der Waals surface area (Å²) in [6.45, 7) is 9.81. The Bertz CT molecular complexity index is 920. The molecule has 154 valence electrons. The molecule has 0 amide bonds. The average molecular weight is 398 g/mol. The lowest BCUT2D eigenvalue weighted by molar-refractivity contribution is 0.00578. The molecule has 0 atom stereocenters. The fraction of sp³-hybridized carbons (Fsp3) is 0.391. The number of methoxy groups -OCH3 is 1. The molecule has 2 aromatic rings. The van der Waals surface area contributed by atoms with Crippen LogP contribution in [0.15, 0.2) is 36.4 Å². The number of rotatable bonds is 5. The van der Waals surface area contributed by atoms with Crippen LogP contribution in [0.1, 0.15) is 49.9 Å². The largest absolute Gasteiger partial charge is 0.496 e. The summed E-state index contributed by atoms with van der Waals surface area (Å²) in [5, 5.41) is 9.35. The van der Waals surface area contributed by atoms with E-state index in [1.165, 1.54) is 13.2 Å². The first kappa shape index (κ1) is 21.6. The summed E-state index contributed by atoms with van der Waals surface area (Å²) in [5.74, 6) is 0.0678. The quantitative estimate of drug-likeness (QED) is 0.604. The van der Waals surface area contributed by atoms with Crippen molar-refractivity contribution in [3.05, 3.63) is 58.7 Å². The second-order valence-corrected chi connectivity index (χ2v) is 8.33. The highest BCUT2D eigenvalue weighted by Gasteiger charge is 2.52. The Balaban J connectivity index is 1.94. The third-order valence-corrected chi connectivity index (χ3v) is 5.94. The Hall–Kier alpha value is -2.15. The molecule has 2 aromatic carbocycles. The zero-order valence-electron chi connectivity index (χ0n) is 17.9. The summed E-state index contributed by atoms with van der Waals surface area (Å²) in [6.07, 6.45) is 1.50. The molecule has 29 heavy (non-hydrogen) atoms. The van der Waals surface area contributed by atoms with Gasteiger partial charge < -0.3 is 19.2 Å². The van der Waals surface area contributed by atoms with E-state index in [1.54, 1.807) is 18.2 Å². The molecule has 0 saturated carbocycles. The van der Waals surface area contributed by atoms with Gasteiger partial charge in [-0.25, -0.2) is 4.39 Å². The van der Waals surface area contributed by atoms with Crippen molar-refractivity contribution in [2.24, 2.45) is 0 Å². The van der Waals surface area contributed by atoms with E-state index in [0.717, 1.165) is 16.6 Å². The second kappa shape index (κ2) is 7.94. The van der Waals surface area contributed by atoms with E-state index in [9.17, 15) is 9.50 Å². The van der Waals surface area contributed by atoms with Gasteiger partial charge >= 0.3 is 7.12 Å². The Kier molecular flexibility index (Phi) is 5.90. The van der Waals surface area contributed by atoms with Gasteiger partial charge in [-0.3, -0.25) is 0 Å². The Labute approximate surface area is 172 Å². The maximum atomic E-state index is 15.0. The lowest BCUT2D eigenvalue weighted by atomic mass is 9.75. The van der Waals surface area contributed by atoms with Crippen LogP contribution in [-0.4, -0.2) is 30.5 Å². The highest BCUT2D eigenvalue weighted by molar-refractivity contribution is 6.62. The van der Waals surface area contributed by atoms with Gasteiger partial charge in [-0.1, -0.05) is 30.3 Å². The van der Waals surface area contributed by atoms with Crippen molar-refractivity contribution < 1.29 is 23.5 Å². The Morgan fingerprint density at radius 2 is 1.79 bits per heavy atom. The molecular formula is C23H28BFO4. The minimum absolute atomic E-state index is 0.163. The number of hydrogen-bond donors (Lipinski definition) is 1. The molecule has 1 N–H and O–H groups in total. The number of ether oxygens (including phenoxy) is 1. The molecule has 6 heteroatoms. The number of hydrogen-bond acceptors (Lipinski definition) is 4. The van der Waals surface area contributed by atoms with Crippen molar-refractivity contribution in [3.63, 3.8) is 0 Å². The zero-order chi connectivity index (χ0) is 21.4. The molecule has 1 saturated heterocycles. The van der Waals surface area contributed by atoms with Gasteiger partial charge in [0.1, 0.15) is 11.6 Å². The maximum Gasteiger partial charge on any atom is 0.495 e. The van der Waals surface area contributed by atoms with Crippen molar-refractivity contribution in [1.82, 2.24) is 0 Å². The summed E-state index contributed by atoms with van der Waals surface area (Å²) in [6, 6.07) is 10.6. The fourth-order valence-corrected chi connectivity index (χ4v) is 3.30. The summed E-state index contributed by atoms with van der Waals surface area (Å²) in [7, 11) is 0.998. The van der Waals surface area contributed by atoms with E-state index in [-0.39, 0.29) is 12.4 Å². The van der Waals surface area contributed by atoms with E-state index in [1.807, 2.05) is 52.8 Å². The van der Waals surface area contributed by atoms with Crippen LogP contribution in [0.5, 0.6) is 5.75 Å². The predicted octanol–water partition coefficient (Wildman–Crippen LogP) is 4.26. The average Bonchev–Trinajstić information content (AvgIpc) is 2.89. The van der Waals surface area contributed by atoms with Crippen LogP contribution in [0, 0.1) is 6.92 Å². The molecule has 1 fully saturated rings. The van der Waals surface area contributed by atoms with Crippen molar-refractivity contribution in [2.45, 2.75) is 52.4 Å². The standard InChI is InChI=1S/C23H28BFO4/c1-15-16(12-20(25)17-10-11-18(14-26)21(13-17)27-6)8-7-9-19(15)24-28-22(2,3)23(4,5)29-24/h7-13,26H,14H2,1-6H3/b20-12-. The van der Waals surface area contributed by atoms with E-state index in [4.69, 9.17) is 14.0 Å². The van der Waals surface area contributed by atoms with Crippen LogP contribution in [0.25, 0.3) is 11.9 Å². The number of halogens is 1. The molecular weight excluding hydrogens is 370 g/mol. The molecule has 4 nitrogen and oxygen atoms in total. The molecule has 3 rings (SSSR count). The number of benzene rings is 2. The first-order valence-corrected chi connectivity index (χ1v) is 9.70. The molecule has 0 bridgehead atoms. The number of aliphatic hydroxyl groups excluding tert-OH is 1. The summed E-state index contributed by atoms with van der Waals surface area (Å²) in [4.78, 5) is 0. The molecule has 1 heterocycles. The van der Waals surface area contributed by atoms with Gasteiger partial charge in [0, 0.05) is 11.1 Å². The monoisotopic (exact) mass is 398 g/mol. The molecule has 0 radical (unpaired) electrons. The summed E-state index contributed by atoms with van der Waals surface area (Å²) in [5.41, 5.74) is 2.67. The Morgan fingerprint density at radius 3 is 2.38 bits per heavy atom. The zero-order valence-corrected chi connectivity index (χ0v) is 17.9. The van der Waals surface area contributed by atoms with Crippen molar-refractivity contribution in [3.8, 4) is 5.75 Å². The number of aliphatic hydroxyl groups is 1. The van der Waals surface area contributed by atoms with Gasteiger partial charge in [0.05, 0.1) is 24.9 Å². The van der Waals surface area contributed by atoms with Gasteiger partial charge in [-0.15, -0.1) is 0 Å². The highest BCUT2D eigenvalue weighted by atomic mass is 19.1. The molecule has 0 aliphatic carbocycles. The molecule has 1 aliphatic rings. The second-order valence-electron chi connectivity index (χ2n) is 8.33. The van der Waals surface area contributed by atoms with E-state index in [0.29, 0.717) is 16.9 Å². The first-order valence-electron chi connectivity index (χ1n) is 9.70. The molecule has 0 aromatic heterocycles. The van der Waals surface area contributed by atoms with Gasteiger partial charge in [-0.2, -0.15) is 0 Å². The predicted molar refractivity (Wildman–Crippen MR) is 115 cm³/mol. The van der Waals surface area contributed by atoms with Crippen molar-refractivity contribution >= 4 is 24.5 Å². The minimum Gasteiger partial charge on any atom is -0.496 e. The van der Waals surface area contributed by atoms with Crippen molar-refractivity contribution in [2.75, 3.05) is 7.11 Å². The van der Waals surface area contributed by atoms with Gasteiger partial charge in [0.2, 0.25) is 0 Å². The third kappa shape index (κ3) is 4.11. The molecule has 1 aliphatic heterocycles. The first-order chi connectivity index (χ1) is 13.6. The summed E-state index contributed by atoms with van der Waals surface area (Å²) >= 11 is 0. The minimum atomic E-state index is -0.500. The van der Waals surface area contributed by atoms with Gasteiger partial charge in [0.25, 0.3) is 0 Å². The molecule has 0 unspecified atom stereocenters. The van der Waals surface area contributed by atoms with Crippen LogP contribution < -0.4 is 10.2 Å². The van der Waals surface area contributed by atoms with Gasteiger partial charge in [0.15, 0.2) is 0 Å². The summed E-state index contributed by atoms with van der Waals surface area (Å²) < 4.78 is 32.5. The maximum absolute atomic E-state index is 15.0. The lowest BCUT2D eigenvalue weighted by Gasteiger charge is -2.32. The Morgan fingerprint density at radius 1 is 1.14 bits per heavy atom.